The van der Waals surface area contributed by atoms with Gasteiger partial charge in [-0.3, -0.25) is 0 Å². The van der Waals surface area contributed by atoms with E-state index >= 15 is 0 Å². The van der Waals surface area contributed by atoms with Gasteiger partial charge >= 0.3 is 0 Å². The van der Waals surface area contributed by atoms with Crippen molar-refractivity contribution in [1.29, 1.82) is 0 Å². The number of hydrogen-bond acceptors (Lipinski definition) is 3. The zero-order valence-corrected chi connectivity index (χ0v) is 9.33. The third kappa shape index (κ3) is 2.37. The van der Waals surface area contributed by atoms with Gasteiger partial charge in [-0.2, -0.15) is 0 Å². The summed E-state index contributed by atoms with van der Waals surface area (Å²) in [6, 6.07) is 2.69. The largest absolute Gasteiger partial charge is 0.326 e. The molecule has 0 aliphatic rings. The van der Waals surface area contributed by atoms with Crippen LogP contribution in [0.3, 0.4) is 0 Å². The molecular weight excluding hydrogens is 247 g/mol. The average molecular weight is 255 g/mol. The molecule has 0 fully saturated rings. The molecule has 4 nitrogen and oxygen atoms in total. The second-order valence-corrected chi connectivity index (χ2v) is 4.97. The SMILES string of the molecule is NCc1cc(Cl)cc(S(N)(=O)=O)c1Cl. The lowest BCUT2D eigenvalue weighted by Gasteiger charge is -2.07. The van der Waals surface area contributed by atoms with Crippen LogP contribution in [0, 0.1) is 0 Å². The van der Waals surface area contributed by atoms with E-state index in [9.17, 15) is 8.42 Å². The Kier molecular flexibility index (Phi) is 3.39. The fourth-order valence-corrected chi connectivity index (χ4v) is 2.46. The summed E-state index contributed by atoms with van der Waals surface area (Å²) in [5, 5.41) is 5.20. The summed E-state index contributed by atoms with van der Waals surface area (Å²) >= 11 is 11.4. The van der Waals surface area contributed by atoms with Crippen LogP contribution >= 0.6 is 23.2 Å². The van der Waals surface area contributed by atoms with Gasteiger partial charge in [0, 0.05) is 11.6 Å². The lowest BCUT2D eigenvalue weighted by molar-refractivity contribution is 0.597. The fraction of sp³-hybridized carbons (Fsp3) is 0.143. The highest BCUT2D eigenvalue weighted by atomic mass is 35.5. The van der Waals surface area contributed by atoms with Crippen LogP contribution in [0.15, 0.2) is 17.0 Å². The molecule has 0 saturated heterocycles. The molecule has 0 aromatic heterocycles. The van der Waals surface area contributed by atoms with Crippen molar-refractivity contribution in [2.75, 3.05) is 0 Å². The second-order valence-electron chi connectivity index (χ2n) is 2.63. The molecule has 0 heterocycles. The van der Waals surface area contributed by atoms with Crippen LogP contribution in [-0.4, -0.2) is 8.42 Å². The normalized spacial score (nSPS) is 11.7. The van der Waals surface area contributed by atoms with E-state index in [-0.39, 0.29) is 21.5 Å². The number of rotatable bonds is 2. The molecule has 0 unspecified atom stereocenters. The van der Waals surface area contributed by atoms with E-state index in [0.717, 1.165) is 0 Å². The first-order valence-corrected chi connectivity index (χ1v) is 5.87. The lowest BCUT2D eigenvalue weighted by atomic mass is 10.2. The van der Waals surface area contributed by atoms with E-state index in [1.807, 2.05) is 0 Å². The molecule has 0 spiro atoms. The Balaban J connectivity index is 3.53. The number of primary sulfonamides is 1. The topological polar surface area (TPSA) is 86.2 Å². The van der Waals surface area contributed by atoms with Crippen LogP contribution in [0.2, 0.25) is 10.0 Å². The van der Waals surface area contributed by atoms with Gasteiger partial charge in [0.25, 0.3) is 0 Å². The lowest BCUT2D eigenvalue weighted by Crippen LogP contribution is -2.14. The van der Waals surface area contributed by atoms with Gasteiger partial charge in [-0.1, -0.05) is 23.2 Å². The summed E-state index contributed by atoms with van der Waals surface area (Å²) in [7, 11) is -3.86. The number of hydrogen-bond donors (Lipinski definition) is 2. The molecular formula is C7H8Cl2N2O2S. The van der Waals surface area contributed by atoms with Gasteiger partial charge in [0.2, 0.25) is 10.0 Å². The first-order valence-electron chi connectivity index (χ1n) is 3.57. The molecule has 14 heavy (non-hydrogen) atoms. The molecule has 1 rings (SSSR count). The Hall–Kier alpha value is -0.330. The van der Waals surface area contributed by atoms with Crippen molar-refractivity contribution in [1.82, 2.24) is 0 Å². The maximum Gasteiger partial charge on any atom is 0.239 e. The van der Waals surface area contributed by atoms with Gasteiger partial charge in [0.1, 0.15) is 4.90 Å². The predicted octanol–water partition coefficient (Wildman–Crippen LogP) is 1.10. The number of halogens is 2. The minimum atomic E-state index is -3.86. The summed E-state index contributed by atoms with van der Waals surface area (Å²) in [5.41, 5.74) is 5.80. The molecule has 0 atom stereocenters. The summed E-state index contributed by atoms with van der Waals surface area (Å²) in [6.07, 6.45) is 0. The quantitative estimate of drug-likeness (QED) is 0.829. The van der Waals surface area contributed by atoms with Gasteiger partial charge in [0.05, 0.1) is 5.02 Å². The average Bonchev–Trinajstić information content (AvgIpc) is 2.06. The van der Waals surface area contributed by atoms with Gasteiger partial charge in [0.15, 0.2) is 0 Å². The third-order valence-electron chi connectivity index (χ3n) is 1.61. The highest BCUT2D eigenvalue weighted by Crippen LogP contribution is 2.28. The molecule has 1 aromatic carbocycles. The second kappa shape index (κ2) is 4.04. The van der Waals surface area contributed by atoms with E-state index in [1.165, 1.54) is 12.1 Å². The van der Waals surface area contributed by atoms with Crippen molar-refractivity contribution in [3.05, 3.63) is 27.7 Å². The maximum absolute atomic E-state index is 11.1. The zero-order valence-electron chi connectivity index (χ0n) is 7.00. The van der Waals surface area contributed by atoms with Crippen molar-refractivity contribution in [2.45, 2.75) is 11.4 Å². The molecule has 0 saturated carbocycles. The monoisotopic (exact) mass is 254 g/mol. The Morgan fingerprint density at radius 2 is 1.86 bits per heavy atom. The number of sulfonamides is 1. The summed E-state index contributed by atoms with van der Waals surface area (Å²) in [4.78, 5) is -0.202. The van der Waals surface area contributed by atoms with E-state index in [2.05, 4.69) is 0 Å². The Morgan fingerprint density at radius 1 is 1.29 bits per heavy atom. The maximum atomic E-state index is 11.1. The smallest absolute Gasteiger partial charge is 0.239 e. The van der Waals surface area contributed by atoms with Crippen molar-refractivity contribution < 1.29 is 8.42 Å². The molecule has 0 radical (unpaired) electrons. The van der Waals surface area contributed by atoms with Crippen LogP contribution in [-0.2, 0) is 16.6 Å². The van der Waals surface area contributed by atoms with Crippen molar-refractivity contribution >= 4 is 33.2 Å². The number of benzene rings is 1. The Labute approximate surface area is 91.8 Å². The van der Waals surface area contributed by atoms with Crippen LogP contribution in [0.1, 0.15) is 5.56 Å². The molecule has 4 N–H and O–H groups in total. The van der Waals surface area contributed by atoms with Gasteiger partial charge in [-0.05, 0) is 17.7 Å². The highest BCUT2D eigenvalue weighted by Gasteiger charge is 2.16. The Morgan fingerprint density at radius 3 is 2.29 bits per heavy atom. The minimum absolute atomic E-state index is 0.0272. The molecule has 0 bridgehead atoms. The van der Waals surface area contributed by atoms with Crippen LogP contribution in [0.5, 0.6) is 0 Å². The first-order chi connectivity index (χ1) is 6.36. The zero-order chi connectivity index (χ0) is 10.9. The van der Waals surface area contributed by atoms with Crippen molar-refractivity contribution in [2.24, 2.45) is 10.9 Å². The van der Waals surface area contributed by atoms with Crippen LogP contribution < -0.4 is 10.9 Å². The van der Waals surface area contributed by atoms with Crippen LogP contribution in [0.4, 0.5) is 0 Å². The van der Waals surface area contributed by atoms with Crippen molar-refractivity contribution in [3.63, 3.8) is 0 Å². The minimum Gasteiger partial charge on any atom is -0.326 e. The van der Waals surface area contributed by atoms with E-state index in [1.54, 1.807) is 0 Å². The fourth-order valence-electron chi connectivity index (χ4n) is 0.974. The Bertz CT molecular complexity index is 459. The summed E-state index contributed by atoms with van der Waals surface area (Å²) in [6.45, 7) is 0.0991. The molecule has 0 aliphatic carbocycles. The van der Waals surface area contributed by atoms with Crippen LogP contribution in [0.25, 0.3) is 0 Å². The van der Waals surface area contributed by atoms with E-state index < -0.39 is 10.0 Å². The molecule has 0 aliphatic heterocycles. The third-order valence-corrected chi connectivity index (χ3v) is 3.32. The summed E-state index contributed by atoms with van der Waals surface area (Å²) in [5.74, 6) is 0. The predicted molar refractivity (Wildman–Crippen MR) is 55.7 cm³/mol. The standard InChI is InChI=1S/C7H8Cl2N2O2S/c8-5-1-4(3-10)7(9)6(2-5)14(11,12)13/h1-2H,3,10H2,(H2,11,12,13). The van der Waals surface area contributed by atoms with Gasteiger partial charge in [-0.25, -0.2) is 13.6 Å². The number of nitrogens with two attached hydrogens (primary N) is 2. The first kappa shape index (κ1) is 11.7. The van der Waals surface area contributed by atoms with Gasteiger partial charge < -0.3 is 5.73 Å². The molecule has 1 aromatic rings. The summed E-state index contributed by atoms with van der Waals surface area (Å²) < 4.78 is 22.1. The molecule has 0 amide bonds. The highest BCUT2D eigenvalue weighted by molar-refractivity contribution is 7.89. The van der Waals surface area contributed by atoms with E-state index in [4.69, 9.17) is 34.1 Å². The van der Waals surface area contributed by atoms with Crippen molar-refractivity contribution in [3.8, 4) is 0 Å². The molecule has 7 heteroatoms. The van der Waals surface area contributed by atoms with E-state index in [0.29, 0.717) is 5.56 Å². The van der Waals surface area contributed by atoms with Gasteiger partial charge in [-0.15, -0.1) is 0 Å². The molecule has 78 valence electrons.